The van der Waals surface area contributed by atoms with Gasteiger partial charge in [0, 0.05) is 14.1 Å². The SMILES string of the molecule is CN(C)C(=S)SC1SC(=[N+](C)C)SC12c1ccccc1-c1ccccc12. The fourth-order valence-electron chi connectivity index (χ4n) is 3.48. The second kappa shape index (κ2) is 6.89. The van der Waals surface area contributed by atoms with E-state index >= 15 is 0 Å². The molecule has 2 aromatic carbocycles. The van der Waals surface area contributed by atoms with E-state index < -0.39 is 0 Å². The van der Waals surface area contributed by atoms with Gasteiger partial charge >= 0.3 is 0 Å². The number of nitrogens with zero attached hydrogens (tertiary/aromatic N) is 2. The van der Waals surface area contributed by atoms with Crippen molar-refractivity contribution in [2.24, 2.45) is 0 Å². The van der Waals surface area contributed by atoms with Crippen LogP contribution in [0.1, 0.15) is 11.1 Å². The van der Waals surface area contributed by atoms with Gasteiger partial charge < -0.3 is 4.90 Å². The molecular formula is C20H21N2S4+. The largest absolute Gasteiger partial charge is 0.364 e. The number of benzene rings is 2. The lowest BCUT2D eigenvalue weighted by molar-refractivity contribution is -0.458. The number of thiocarbonyl (C=S) groups is 1. The summed E-state index contributed by atoms with van der Waals surface area (Å²) in [6, 6.07) is 17.7. The van der Waals surface area contributed by atoms with Crippen molar-refractivity contribution < 1.29 is 4.58 Å². The first-order valence-corrected chi connectivity index (χ1v) is 11.4. The number of hydrogen-bond donors (Lipinski definition) is 0. The molecular weight excluding hydrogens is 397 g/mol. The van der Waals surface area contributed by atoms with E-state index in [-0.39, 0.29) is 4.75 Å². The van der Waals surface area contributed by atoms with Gasteiger partial charge in [0.05, 0.1) is 9.33 Å². The monoisotopic (exact) mass is 417 g/mol. The predicted molar refractivity (Wildman–Crippen MR) is 123 cm³/mol. The number of hydrogen-bond acceptors (Lipinski definition) is 4. The standard InChI is InChI=1S/C20H21N2S4/c1-21(2)18(23)24-17-20(26-19(25-17)22(3)4)15-11-7-5-9-13(15)14-10-6-8-12-16(14)20/h5-12,17H,1-4H3/q+1. The van der Waals surface area contributed by atoms with Crippen LogP contribution in [0.3, 0.4) is 0 Å². The molecule has 4 rings (SSSR count). The molecule has 1 saturated heterocycles. The van der Waals surface area contributed by atoms with Gasteiger partial charge in [0.1, 0.15) is 18.4 Å². The Morgan fingerprint density at radius 2 is 1.58 bits per heavy atom. The molecule has 1 aliphatic heterocycles. The van der Waals surface area contributed by atoms with Gasteiger partial charge in [-0.3, -0.25) is 0 Å². The van der Waals surface area contributed by atoms with Crippen LogP contribution < -0.4 is 0 Å². The summed E-state index contributed by atoms with van der Waals surface area (Å²) in [4.78, 5) is 2.04. The zero-order valence-corrected chi connectivity index (χ0v) is 18.5. The van der Waals surface area contributed by atoms with Gasteiger partial charge in [-0.25, -0.2) is 4.58 Å². The Bertz CT molecular complexity index is 870. The summed E-state index contributed by atoms with van der Waals surface area (Å²) in [6.07, 6.45) is 0. The lowest BCUT2D eigenvalue weighted by atomic mass is 9.97. The van der Waals surface area contributed by atoms with E-state index in [0.29, 0.717) is 4.58 Å². The highest BCUT2D eigenvalue weighted by Gasteiger charge is 2.58. The Morgan fingerprint density at radius 1 is 1.04 bits per heavy atom. The molecule has 1 aliphatic carbocycles. The van der Waals surface area contributed by atoms with Crippen LogP contribution >= 0.6 is 47.5 Å². The average Bonchev–Trinajstić information content (AvgIpc) is 3.14. The molecule has 0 amide bonds. The zero-order chi connectivity index (χ0) is 18.5. The van der Waals surface area contributed by atoms with E-state index in [2.05, 4.69) is 67.2 Å². The van der Waals surface area contributed by atoms with Gasteiger partial charge in [-0.05, 0) is 45.8 Å². The van der Waals surface area contributed by atoms with Crippen molar-refractivity contribution in [3.63, 3.8) is 0 Å². The van der Waals surface area contributed by atoms with Gasteiger partial charge in [-0.2, -0.15) is 0 Å². The van der Waals surface area contributed by atoms with Crippen molar-refractivity contribution >= 4 is 56.2 Å². The van der Waals surface area contributed by atoms with Gasteiger partial charge in [0.25, 0.3) is 4.38 Å². The molecule has 1 unspecified atom stereocenters. The molecule has 26 heavy (non-hydrogen) atoms. The third-order valence-electron chi connectivity index (χ3n) is 4.67. The van der Waals surface area contributed by atoms with Gasteiger partial charge in [0.2, 0.25) is 0 Å². The first-order chi connectivity index (χ1) is 12.4. The van der Waals surface area contributed by atoms with E-state index in [0.717, 1.165) is 4.32 Å². The lowest BCUT2D eigenvalue weighted by Gasteiger charge is -2.31. The smallest absolute Gasteiger partial charge is 0.272 e. The molecule has 0 radical (unpaired) electrons. The average molecular weight is 418 g/mol. The molecule has 0 aromatic heterocycles. The first-order valence-electron chi connectivity index (χ1n) is 8.42. The van der Waals surface area contributed by atoms with Crippen LogP contribution in [0.2, 0.25) is 0 Å². The maximum Gasteiger partial charge on any atom is 0.272 e. The minimum Gasteiger partial charge on any atom is -0.364 e. The summed E-state index contributed by atoms with van der Waals surface area (Å²) in [5.41, 5.74) is 5.54. The van der Waals surface area contributed by atoms with Gasteiger partial charge in [0.15, 0.2) is 0 Å². The van der Waals surface area contributed by atoms with Crippen LogP contribution in [0.25, 0.3) is 11.1 Å². The predicted octanol–water partition coefficient (Wildman–Crippen LogP) is 4.92. The van der Waals surface area contributed by atoms with E-state index in [1.54, 1.807) is 0 Å². The van der Waals surface area contributed by atoms with Crippen LogP contribution in [0.4, 0.5) is 0 Å². The maximum atomic E-state index is 5.68. The number of rotatable bonds is 1. The highest BCUT2D eigenvalue weighted by atomic mass is 32.2. The molecule has 0 saturated carbocycles. The number of fused-ring (bicyclic) bond motifs is 5. The second-order valence-corrected chi connectivity index (χ2v) is 11.4. The number of thioether (sulfide) groups is 3. The summed E-state index contributed by atoms with van der Waals surface area (Å²) >= 11 is 11.4. The molecule has 2 nitrogen and oxygen atoms in total. The topological polar surface area (TPSA) is 6.25 Å². The quantitative estimate of drug-likeness (QED) is 0.478. The highest BCUT2D eigenvalue weighted by Crippen LogP contribution is 2.66. The van der Waals surface area contributed by atoms with Crippen molar-refractivity contribution in [3.8, 4) is 11.1 Å². The van der Waals surface area contributed by atoms with E-state index in [1.165, 1.54) is 26.6 Å². The van der Waals surface area contributed by atoms with E-state index in [9.17, 15) is 0 Å². The molecule has 1 heterocycles. The van der Waals surface area contributed by atoms with Crippen LogP contribution in [0.15, 0.2) is 48.5 Å². The van der Waals surface area contributed by atoms with Crippen LogP contribution in [0, 0.1) is 0 Å². The summed E-state index contributed by atoms with van der Waals surface area (Å²) in [7, 11) is 8.32. The molecule has 1 fully saturated rings. The fraction of sp³-hybridized carbons (Fsp3) is 0.300. The fourth-order valence-corrected chi connectivity index (χ4v) is 9.08. The molecule has 0 N–H and O–H groups in total. The Kier molecular flexibility index (Phi) is 4.88. The van der Waals surface area contributed by atoms with Crippen molar-refractivity contribution in [1.29, 1.82) is 0 Å². The van der Waals surface area contributed by atoms with E-state index in [4.69, 9.17) is 12.2 Å². The molecule has 1 spiro atoms. The van der Waals surface area contributed by atoms with Crippen molar-refractivity contribution in [2.75, 3.05) is 28.2 Å². The maximum absolute atomic E-state index is 5.68. The zero-order valence-electron chi connectivity index (χ0n) is 15.2. The summed E-state index contributed by atoms with van der Waals surface area (Å²) in [5, 5.41) is 0. The minimum absolute atomic E-state index is 0.109. The second-order valence-electron chi connectivity index (χ2n) is 6.82. The molecule has 2 aliphatic rings. The normalized spacial score (nSPS) is 19.4. The molecule has 2 aromatic rings. The van der Waals surface area contributed by atoms with Crippen molar-refractivity contribution in [2.45, 2.75) is 9.33 Å². The summed E-state index contributed by atoms with van der Waals surface area (Å²) < 4.78 is 4.70. The molecule has 0 bridgehead atoms. The summed E-state index contributed by atoms with van der Waals surface area (Å²) in [5.74, 6) is 0. The molecule has 6 heteroatoms. The van der Waals surface area contributed by atoms with Gasteiger partial charge in [-0.1, -0.05) is 72.5 Å². The third kappa shape index (κ3) is 2.73. The van der Waals surface area contributed by atoms with Crippen LogP contribution in [-0.4, -0.2) is 50.9 Å². The van der Waals surface area contributed by atoms with Crippen LogP contribution in [-0.2, 0) is 4.75 Å². The lowest BCUT2D eigenvalue weighted by Crippen LogP contribution is -2.30. The van der Waals surface area contributed by atoms with Crippen molar-refractivity contribution in [1.82, 2.24) is 4.90 Å². The Labute approximate surface area is 173 Å². The third-order valence-corrected chi connectivity index (χ3v) is 10.5. The van der Waals surface area contributed by atoms with Crippen LogP contribution in [0.5, 0.6) is 0 Å². The Morgan fingerprint density at radius 3 is 2.08 bits per heavy atom. The summed E-state index contributed by atoms with van der Waals surface area (Å²) in [6.45, 7) is 0. The van der Waals surface area contributed by atoms with Crippen molar-refractivity contribution in [3.05, 3.63) is 59.7 Å². The molecule has 1 atom stereocenters. The highest BCUT2D eigenvalue weighted by molar-refractivity contribution is 8.47. The van der Waals surface area contributed by atoms with Gasteiger partial charge in [-0.15, -0.1) is 0 Å². The Balaban J connectivity index is 1.94. The first kappa shape index (κ1) is 18.4. The molecule has 134 valence electrons. The Hall–Kier alpha value is -0.950. The van der Waals surface area contributed by atoms with E-state index in [1.807, 2.05) is 54.3 Å². The minimum atomic E-state index is -0.109.